The van der Waals surface area contributed by atoms with E-state index in [4.69, 9.17) is 4.74 Å². The molecule has 0 radical (unpaired) electrons. The molecule has 1 spiro atoms. The Bertz CT molecular complexity index is 920. The van der Waals surface area contributed by atoms with Gasteiger partial charge in [-0.05, 0) is 56.2 Å². The minimum atomic E-state index is -0.0276. The first-order valence-electron chi connectivity index (χ1n) is 11.7. The Morgan fingerprint density at radius 1 is 1.12 bits per heavy atom. The molecule has 1 aromatic carbocycles. The predicted octanol–water partition coefficient (Wildman–Crippen LogP) is 4.80. The maximum absolute atomic E-state index is 6.50. The Morgan fingerprint density at radius 2 is 1.91 bits per heavy atom. The van der Waals surface area contributed by atoms with Crippen molar-refractivity contribution >= 4 is 35.8 Å². The summed E-state index contributed by atoms with van der Waals surface area (Å²) in [6, 6.07) is 12.9. The summed E-state index contributed by atoms with van der Waals surface area (Å²) in [4.78, 5) is 11.5. The van der Waals surface area contributed by atoms with Crippen molar-refractivity contribution in [1.82, 2.24) is 15.6 Å². The van der Waals surface area contributed by atoms with Gasteiger partial charge in [0.2, 0.25) is 0 Å². The number of para-hydroxylation sites is 1. The SMILES string of the molecule is CN=C(NCc1ccc(N2CCCC2)nc1)NC1CC2(CCCC2)Oc2ccccc21.I. The molecule has 1 unspecified atom stereocenters. The van der Waals surface area contributed by atoms with Crippen molar-refractivity contribution in [3.05, 3.63) is 53.7 Å². The highest BCUT2D eigenvalue weighted by Gasteiger charge is 2.43. The van der Waals surface area contributed by atoms with E-state index in [0.29, 0.717) is 6.54 Å². The zero-order valence-corrected chi connectivity index (χ0v) is 21.2. The Labute approximate surface area is 208 Å². The van der Waals surface area contributed by atoms with Crippen molar-refractivity contribution in [2.24, 2.45) is 4.99 Å². The number of fused-ring (bicyclic) bond motifs is 1. The molecule has 2 N–H and O–H groups in total. The van der Waals surface area contributed by atoms with Gasteiger partial charge < -0.3 is 20.3 Å². The number of nitrogens with zero attached hydrogens (tertiary/aromatic N) is 3. The zero-order chi connectivity index (χ0) is 21.1. The normalized spacial score (nSPS) is 21.6. The van der Waals surface area contributed by atoms with Gasteiger partial charge in [-0.3, -0.25) is 4.99 Å². The maximum atomic E-state index is 6.50. The second-order valence-corrected chi connectivity index (χ2v) is 9.08. The molecule has 0 amide bonds. The minimum absolute atomic E-state index is 0. The molecule has 1 saturated carbocycles. The Hall–Kier alpha value is -2.03. The molecule has 1 atom stereocenters. The Balaban J connectivity index is 0.00000245. The predicted molar refractivity (Wildman–Crippen MR) is 140 cm³/mol. The molecular formula is C25H34IN5O. The van der Waals surface area contributed by atoms with Crippen molar-refractivity contribution in [2.75, 3.05) is 25.0 Å². The third-order valence-corrected chi connectivity index (χ3v) is 6.95. The average molecular weight is 547 g/mol. The number of guanidine groups is 1. The maximum Gasteiger partial charge on any atom is 0.191 e. The van der Waals surface area contributed by atoms with E-state index in [1.54, 1.807) is 0 Å². The number of halogens is 1. The van der Waals surface area contributed by atoms with E-state index in [2.05, 4.69) is 61.9 Å². The summed E-state index contributed by atoms with van der Waals surface area (Å²) in [7, 11) is 1.83. The summed E-state index contributed by atoms with van der Waals surface area (Å²) in [6.07, 6.45) is 10.3. The molecule has 7 heteroatoms. The smallest absolute Gasteiger partial charge is 0.191 e. The van der Waals surface area contributed by atoms with E-state index in [-0.39, 0.29) is 35.6 Å². The van der Waals surface area contributed by atoms with Gasteiger partial charge in [0.05, 0.1) is 6.04 Å². The van der Waals surface area contributed by atoms with Crippen LogP contribution in [-0.4, -0.2) is 36.7 Å². The number of ether oxygens (including phenoxy) is 1. The molecule has 32 heavy (non-hydrogen) atoms. The van der Waals surface area contributed by atoms with Crippen LogP contribution in [0.3, 0.4) is 0 Å². The zero-order valence-electron chi connectivity index (χ0n) is 18.8. The summed E-state index contributed by atoms with van der Waals surface area (Å²) in [5.41, 5.74) is 2.35. The van der Waals surface area contributed by atoms with Crippen LogP contribution < -0.4 is 20.3 Å². The number of rotatable bonds is 4. The number of anilines is 1. The van der Waals surface area contributed by atoms with Crippen molar-refractivity contribution < 1.29 is 4.74 Å². The second kappa shape index (κ2) is 10.3. The Morgan fingerprint density at radius 3 is 2.62 bits per heavy atom. The molecule has 1 saturated heterocycles. The number of aromatic nitrogens is 1. The summed E-state index contributed by atoms with van der Waals surface area (Å²) in [5.74, 6) is 2.92. The van der Waals surface area contributed by atoms with Crippen molar-refractivity contribution in [2.45, 2.75) is 63.1 Å². The fourth-order valence-electron chi connectivity index (χ4n) is 5.27. The lowest BCUT2D eigenvalue weighted by Crippen LogP contribution is -2.46. The van der Waals surface area contributed by atoms with Gasteiger partial charge in [-0.25, -0.2) is 4.98 Å². The van der Waals surface area contributed by atoms with E-state index in [1.807, 2.05) is 13.2 Å². The number of hydrogen-bond acceptors (Lipinski definition) is 4. The van der Waals surface area contributed by atoms with Crippen molar-refractivity contribution in [3.63, 3.8) is 0 Å². The molecule has 1 aromatic heterocycles. The summed E-state index contributed by atoms with van der Waals surface area (Å²) >= 11 is 0. The summed E-state index contributed by atoms with van der Waals surface area (Å²) in [6.45, 7) is 2.94. The van der Waals surface area contributed by atoms with Crippen LogP contribution in [0.2, 0.25) is 0 Å². The average Bonchev–Trinajstić information content (AvgIpc) is 3.50. The van der Waals surface area contributed by atoms with Gasteiger partial charge >= 0.3 is 0 Å². The fraction of sp³-hybridized carbons (Fsp3) is 0.520. The van der Waals surface area contributed by atoms with E-state index in [1.165, 1.54) is 31.2 Å². The van der Waals surface area contributed by atoms with Gasteiger partial charge in [0.15, 0.2) is 5.96 Å². The van der Waals surface area contributed by atoms with E-state index >= 15 is 0 Å². The van der Waals surface area contributed by atoms with Gasteiger partial charge in [-0.1, -0.05) is 24.3 Å². The topological polar surface area (TPSA) is 61.8 Å². The lowest BCUT2D eigenvalue weighted by atomic mass is 9.86. The third kappa shape index (κ3) is 4.97. The minimum Gasteiger partial charge on any atom is -0.487 e. The van der Waals surface area contributed by atoms with Gasteiger partial charge in [0.1, 0.15) is 17.2 Å². The van der Waals surface area contributed by atoms with Crippen molar-refractivity contribution in [3.8, 4) is 5.75 Å². The molecule has 2 fully saturated rings. The molecule has 1 aliphatic carbocycles. The molecule has 2 aromatic rings. The number of nitrogens with one attached hydrogen (secondary N) is 2. The summed E-state index contributed by atoms with van der Waals surface area (Å²) < 4.78 is 6.50. The van der Waals surface area contributed by atoms with Crippen LogP contribution in [0, 0.1) is 0 Å². The number of pyridine rings is 1. The molecule has 2 aliphatic heterocycles. The van der Waals surface area contributed by atoms with E-state index in [9.17, 15) is 0 Å². The Kier molecular flexibility index (Phi) is 7.43. The van der Waals surface area contributed by atoms with Crippen LogP contribution in [0.1, 0.15) is 62.1 Å². The first kappa shape index (κ1) is 23.1. The summed E-state index contributed by atoms with van der Waals surface area (Å²) in [5, 5.41) is 7.15. The molecule has 172 valence electrons. The number of hydrogen-bond donors (Lipinski definition) is 2. The lowest BCUT2D eigenvalue weighted by Gasteiger charge is -2.40. The van der Waals surface area contributed by atoms with Crippen LogP contribution in [0.15, 0.2) is 47.6 Å². The highest BCUT2D eigenvalue weighted by atomic mass is 127. The molecule has 3 aliphatic rings. The molecule has 5 rings (SSSR count). The van der Waals surface area contributed by atoms with Crippen LogP contribution in [0.4, 0.5) is 5.82 Å². The molecular weight excluding hydrogens is 513 g/mol. The van der Waals surface area contributed by atoms with Crippen LogP contribution in [0.25, 0.3) is 0 Å². The van der Waals surface area contributed by atoms with E-state index in [0.717, 1.165) is 55.4 Å². The van der Waals surface area contributed by atoms with Gasteiger partial charge in [0, 0.05) is 44.9 Å². The first-order chi connectivity index (χ1) is 15.2. The highest BCUT2D eigenvalue weighted by Crippen LogP contribution is 2.46. The quantitative estimate of drug-likeness (QED) is 0.327. The van der Waals surface area contributed by atoms with Gasteiger partial charge in [-0.15, -0.1) is 24.0 Å². The lowest BCUT2D eigenvalue weighted by molar-refractivity contribution is 0.0396. The van der Waals surface area contributed by atoms with Gasteiger partial charge in [0.25, 0.3) is 0 Å². The standard InChI is InChI=1S/C25H33N5O.HI/c1-26-24(28-18-19-10-11-23(27-17-19)30-14-6-7-15-30)29-21-16-25(12-4-5-13-25)31-22-9-3-2-8-20(21)22;/h2-3,8-11,17,21H,4-7,12-16,18H2,1H3,(H2,26,28,29);1H. The first-order valence-corrected chi connectivity index (χ1v) is 11.7. The van der Waals surface area contributed by atoms with Gasteiger partial charge in [-0.2, -0.15) is 0 Å². The number of benzene rings is 1. The largest absolute Gasteiger partial charge is 0.487 e. The fourth-order valence-corrected chi connectivity index (χ4v) is 5.27. The van der Waals surface area contributed by atoms with Crippen molar-refractivity contribution in [1.29, 1.82) is 0 Å². The monoisotopic (exact) mass is 547 g/mol. The molecule has 6 nitrogen and oxygen atoms in total. The van der Waals surface area contributed by atoms with Crippen LogP contribution in [0.5, 0.6) is 5.75 Å². The van der Waals surface area contributed by atoms with Crippen LogP contribution >= 0.6 is 24.0 Å². The highest BCUT2D eigenvalue weighted by molar-refractivity contribution is 14.0. The molecule has 0 bridgehead atoms. The second-order valence-electron chi connectivity index (χ2n) is 9.08. The number of aliphatic imine (C=N–C) groups is 1. The third-order valence-electron chi connectivity index (χ3n) is 6.95. The molecule has 3 heterocycles. The van der Waals surface area contributed by atoms with E-state index < -0.39 is 0 Å². The van der Waals surface area contributed by atoms with Crippen LogP contribution in [-0.2, 0) is 6.54 Å².